The number of aryl methyl sites for hydroxylation is 1. The normalized spacial score (nSPS) is 19.4. The Balaban J connectivity index is 0.00000450. The lowest BCUT2D eigenvalue weighted by Crippen LogP contribution is -2.48. The van der Waals surface area contributed by atoms with E-state index >= 15 is 0 Å². The SMILES string of the molecule is CCNC(=NCCc1ccc(C)nc1)NC1CCC(NC(=O)OC(C)(C)C)CC1.I. The molecular formula is C22H38IN5O2. The van der Waals surface area contributed by atoms with Crippen molar-refractivity contribution in [1.29, 1.82) is 0 Å². The monoisotopic (exact) mass is 531 g/mol. The molecule has 0 spiro atoms. The quantitative estimate of drug-likeness (QED) is 0.294. The van der Waals surface area contributed by atoms with Gasteiger partial charge in [0.05, 0.1) is 0 Å². The molecule has 0 radical (unpaired) electrons. The number of rotatable bonds is 6. The summed E-state index contributed by atoms with van der Waals surface area (Å²) in [5, 5.41) is 9.86. The van der Waals surface area contributed by atoms with Crippen molar-refractivity contribution in [3.8, 4) is 0 Å². The maximum atomic E-state index is 11.9. The molecule has 0 unspecified atom stereocenters. The van der Waals surface area contributed by atoms with Crippen molar-refractivity contribution in [2.45, 2.75) is 84.4 Å². The van der Waals surface area contributed by atoms with Crippen LogP contribution in [-0.2, 0) is 11.2 Å². The number of aliphatic imine (C=N–C) groups is 1. The van der Waals surface area contributed by atoms with Crippen molar-refractivity contribution in [3.63, 3.8) is 0 Å². The number of ether oxygens (including phenoxy) is 1. The molecule has 2 rings (SSSR count). The fourth-order valence-corrected chi connectivity index (χ4v) is 3.31. The number of halogens is 1. The van der Waals surface area contributed by atoms with Crippen LogP contribution in [0.5, 0.6) is 0 Å². The summed E-state index contributed by atoms with van der Waals surface area (Å²) in [6.07, 6.45) is 6.32. The van der Waals surface area contributed by atoms with Gasteiger partial charge >= 0.3 is 6.09 Å². The van der Waals surface area contributed by atoms with Crippen molar-refractivity contribution in [2.75, 3.05) is 13.1 Å². The lowest BCUT2D eigenvalue weighted by molar-refractivity contribution is 0.0490. The maximum absolute atomic E-state index is 11.9. The number of carbonyl (C=O) groups is 1. The number of carbonyl (C=O) groups excluding carboxylic acids is 1. The number of alkyl carbamates (subject to hydrolysis) is 1. The topological polar surface area (TPSA) is 87.6 Å². The molecule has 1 saturated carbocycles. The van der Waals surface area contributed by atoms with Gasteiger partial charge in [0.15, 0.2) is 5.96 Å². The summed E-state index contributed by atoms with van der Waals surface area (Å²) in [6, 6.07) is 4.69. The molecule has 3 N–H and O–H groups in total. The molecule has 1 heterocycles. The Kier molecular flexibility index (Phi) is 11.4. The molecule has 0 aromatic carbocycles. The molecule has 1 amide bonds. The smallest absolute Gasteiger partial charge is 0.407 e. The standard InChI is InChI=1S/C22H37N5O2.HI/c1-6-23-20(24-14-13-17-8-7-16(2)25-15-17)26-18-9-11-19(12-10-18)27-21(28)29-22(3,4)5;/h7-8,15,18-19H,6,9-14H2,1-5H3,(H,27,28)(H2,23,24,26);1H. The van der Waals surface area contributed by atoms with Gasteiger partial charge in [-0.15, -0.1) is 24.0 Å². The molecule has 7 nitrogen and oxygen atoms in total. The first-order valence-corrected chi connectivity index (χ1v) is 10.7. The van der Waals surface area contributed by atoms with Crippen molar-refractivity contribution in [3.05, 3.63) is 29.6 Å². The molecule has 170 valence electrons. The molecule has 8 heteroatoms. The van der Waals surface area contributed by atoms with E-state index in [9.17, 15) is 4.79 Å². The third-order valence-electron chi connectivity index (χ3n) is 4.78. The Bertz CT molecular complexity index is 665. The van der Waals surface area contributed by atoms with Crippen LogP contribution in [-0.4, -0.2) is 47.8 Å². The van der Waals surface area contributed by atoms with Crippen molar-refractivity contribution in [2.24, 2.45) is 4.99 Å². The van der Waals surface area contributed by atoms with Crippen LogP contribution in [0.2, 0.25) is 0 Å². The summed E-state index contributed by atoms with van der Waals surface area (Å²) in [7, 11) is 0. The first kappa shape index (κ1) is 26.5. The van der Waals surface area contributed by atoms with Crippen molar-refractivity contribution in [1.82, 2.24) is 20.9 Å². The predicted octanol–water partition coefficient (Wildman–Crippen LogP) is 3.94. The molecule has 0 saturated heterocycles. The molecule has 1 aliphatic carbocycles. The van der Waals surface area contributed by atoms with E-state index in [0.29, 0.717) is 6.04 Å². The minimum Gasteiger partial charge on any atom is -0.444 e. The third kappa shape index (κ3) is 10.4. The highest BCUT2D eigenvalue weighted by molar-refractivity contribution is 14.0. The largest absolute Gasteiger partial charge is 0.444 e. The van der Waals surface area contributed by atoms with E-state index in [-0.39, 0.29) is 36.1 Å². The summed E-state index contributed by atoms with van der Waals surface area (Å²) in [6.45, 7) is 11.2. The second-order valence-electron chi connectivity index (χ2n) is 8.66. The van der Waals surface area contributed by atoms with Gasteiger partial charge in [-0.1, -0.05) is 6.07 Å². The lowest BCUT2D eigenvalue weighted by atomic mass is 9.91. The fraction of sp³-hybridized carbons (Fsp3) is 0.682. The number of guanidine groups is 1. The Hall–Kier alpha value is -1.58. The number of hydrogen-bond donors (Lipinski definition) is 3. The second kappa shape index (κ2) is 13.0. The van der Waals surface area contributed by atoms with Crippen LogP contribution in [0.25, 0.3) is 0 Å². The summed E-state index contributed by atoms with van der Waals surface area (Å²) < 4.78 is 5.35. The third-order valence-corrected chi connectivity index (χ3v) is 4.78. The highest BCUT2D eigenvalue weighted by atomic mass is 127. The molecule has 0 aliphatic heterocycles. The van der Waals surface area contributed by atoms with Gasteiger partial charge < -0.3 is 20.7 Å². The number of nitrogens with one attached hydrogen (secondary N) is 3. The van der Waals surface area contributed by atoms with E-state index < -0.39 is 5.60 Å². The van der Waals surface area contributed by atoms with Crippen molar-refractivity contribution >= 4 is 36.0 Å². The lowest BCUT2D eigenvalue weighted by Gasteiger charge is -2.31. The predicted molar refractivity (Wildman–Crippen MR) is 133 cm³/mol. The average Bonchev–Trinajstić information content (AvgIpc) is 2.63. The van der Waals surface area contributed by atoms with Crippen LogP contribution in [0.4, 0.5) is 4.79 Å². The number of aromatic nitrogens is 1. The zero-order valence-corrected chi connectivity index (χ0v) is 21.3. The average molecular weight is 531 g/mol. The molecular weight excluding hydrogens is 493 g/mol. The number of hydrogen-bond acceptors (Lipinski definition) is 4. The van der Waals surface area contributed by atoms with Gasteiger partial charge in [0.25, 0.3) is 0 Å². The van der Waals surface area contributed by atoms with Crippen LogP contribution in [0, 0.1) is 6.92 Å². The van der Waals surface area contributed by atoms with E-state index in [4.69, 9.17) is 9.73 Å². The van der Waals surface area contributed by atoms with Crippen LogP contribution in [0.1, 0.15) is 64.6 Å². The molecule has 1 aromatic heterocycles. The molecule has 1 aliphatic rings. The van der Waals surface area contributed by atoms with Gasteiger partial charge in [-0.25, -0.2) is 4.79 Å². The highest BCUT2D eigenvalue weighted by Gasteiger charge is 2.25. The summed E-state index contributed by atoms with van der Waals surface area (Å²) >= 11 is 0. The van der Waals surface area contributed by atoms with Crippen LogP contribution in [0.3, 0.4) is 0 Å². The van der Waals surface area contributed by atoms with E-state index in [1.165, 1.54) is 5.56 Å². The van der Waals surface area contributed by atoms with E-state index in [1.54, 1.807) is 0 Å². The van der Waals surface area contributed by atoms with Crippen molar-refractivity contribution < 1.29 is 9.53 Å². The Morgan fingerprint density at radius 3 is 2.33 bits per heavy atom. The molecule has 1 aromatic rings. The van der Waals surface area contributed by atoms with E-state index in [0.717, 1.165) is 56.8 Å². The summed E-state index contributed by atoms with van der Waals surface area (Å²) in [5.41, 5.74) is 1.77. The summed E-state index contributed by atoms with van der Waals surface area (Å²) in [4.78, 5) is 21.0. The zero-order valence-electron chi connectivity index (χ0n) is 19.0. The Labute approximate surface area is 198 Å². The summed E-state index contributed by atoms with van der Waals surface area (Å²) in [5.74, 6) is 0.858. The van der Waals surface area contributed by atoms with E-state index in [1.807, 2.05) is 40.0 Å². The molecule has 30 heavy (non-hydrogen) atoms. The van der Waals surface area contributed by atoms with Gasteiger partial charge in [0, 0.05) is 37.1 Å². The zero-order chi connectivity index (χ0) is 21.3. The minimum absolute atomic E-state index is 0. The van der Waals surface area contributed by atoms with Crippen LogP contribution in [0.15, 0.2) is 23.3 Å². The fourth-order valence-electron chi connectivity index (χ4n) is 3.31. The number of amides is 1. The van der Waals surface area contributed by atoms with Crippen LogP contribution < -0.4 is 16.0 Å². The van der Waals surface area contributed by atoms with Gasteiger partial charge in [-0.05, 0) is 78.4 Å². The first-order valence-electron chi connectivity index (χ1n) is 10.7. The first-order chi connectivity index (χ1) is 13.7. The Morgan fingerprint density at radius 1 is 1.17 bits per heavy atom. The molecule has 0 atom stereocenters. The second-order valence-corrected chi connectivity index (χ2v) is 8.66. The van der Waals surface area contributed by atoms with Gasteiger partial charge in [-0.3, -0.25) is 9.98 Å². The Morgan fingerprint density at radius 2 is 1.80 bits per heavy atom. The maximum Gasteiger partial charge on any atom is 0.407 e. The molecule has 1 fully saturated rings. The number of nitrogens with zero attached hydrogens (tertiary/aromatic N) is 2. The van der Waals surface area contributed by atoms with Gasteiger partial charge in [0.2, 0.25) is 0 Å². The highest BCUT2D eigenvalue weighted by Crippen LogP contribution is 2.19. The van der Waals surface area contributed by atoms with Gasteiger partial charge in [-0.2, -0.15) is 0 Å². The minimum atomic E-state index is -0.464. The van der Waals surface area contributed by atoms with E-state index in [2.05, 4.69) is 33.9 Å². The number of pyridine rings is 1. The molecule has 0 bridgehead atoms. The van der Waals surface area contributed by atoms with Crippen LogP contribution >= 0.6 is 24.0 Å². The van der Waals surface area contributed by atoms with Gasteiger partial charge in [0.1, 0.15) is 5.60 Å².